The largest absolute Gasteiger partial charge is 0.289 e. The Morgan fingerprint density at radius 3 is 2.66 bits per heavy atom. The van der Waals surface area contributed by atoms with Gasteiger partial charge in [-0.1, -0.05) is 0 Å². The van der Waals surface area contributed by atoms with E-state index >= 15 is 0 Å². The van der Waals surface area contributed by atoms with Gasteiger partial charge in [0.2, 0.25) is 0 Å². The molecule has 2 heterocycles. The minimum Gasteiger partial charge on any atom is -0.289 e. The van der Waals surface area contributed by atoms with E-state index in [1.54, 1.807) is 6.92 Å². The Morgan fingerprint density at radius 1 is 1.09 bits per heavy atom. The van der Waals surface area contributed by atoms with Crippen LogP contribution in [0, 0.1) is 40.7 Å². The van der Waals surface area contributed by atoms with E-state index in [-0.39, 0.29) is 28.5 Å². The fourth-order valence-corrected chi connectivity index (χ4v) is 6.32. The summed E-state index contributed by atoms with van der Waals surface area (Å²) < 4.78 is 30.7. The molecule has 4 aliphatic rings. The molecular weight excluding hydrogens is 408 g/mol. The van der Waals surface area contributed by atoms with E-state index in [0.717, 1.165) is 43.3 Å². The molecule has 0 N–H and O–H groups in total. The number of aryl methyl sites for hydroxylation is 1. The van der Waals surface area contributed by atoms with Gasteiger partial charge in [-0.15, -0.1) is 0 Å². The van der Waals surface area contributed by atoms with Gasteiger partial charge in [-0.05, 0) is 72.9 Å². The first-order chi connectivity index (χ1) is 15.4. The van der Waals surface area contributed by atoms with E-state index in [1.807, 2.05) is 35.6 Å². The summed E-state index contributed by atoms with van der Waals surface area (Å²) in [4.78, 5) is 0. The zero-order valence-electron chi connectivity index (χ0n) is 17.9. The Bertz CT molecular complexity index is 1300. The minimum atomic E-state index is -0.369. The van der Waals surface area contributed by atoms with Gasteiger partial charge in [0.15, 0.2) is 0 Å². The van der Waals surface area contributed by atoms with Crippen molar-refractivity contribution in [3.8, 4) is 6.07 Å². The van der Waals surface area contributed by atoms with Crippen LogP contribution < -0.4 is 0 Å². The molecule has 3 fully saturated rings. The Kier molecular flexibility index (Phi) is 4.01. The second-order valence-electron chi connectivity index (χ2n) is 9.99. The first kappa shape index (κ1) is 19.4. The van der Waals surface area contributed by atoms with Gasteiger partial charge < -0.3 is 0 Å². The van der Waals surface area contributed by atoms with Crippen LogP contribution in [0.2, 0.25) is 0 Å². The minimum absolute atomic E-state index is 0.205. The first-order valence-corrected chi connectivity index (χ1v) is 11.0. The van der Waals surface area contributed by atoms with Gasteiger partial charge in [-0.2, -0.15) is 15.5 Å². The van der Waals surface area contributed by atoms with Crippen molar-refractivity contribution in [2.24, 2.45) is 15.9 Å². The highest BCUT2D eigenvalue weighted by molar-refractivity contribution is 5.80. The van der Waals surface area contributed by atoms with Gasteiger partial charge in [0.1, 0.15) is 11.6 Å². The molecule has 2 aromatic carbocycles. The standard InChI is InChI=1S/C25H23F2N5/c1-16-6-21(27)19(8-20(16)26)23-4-5-29-32(23)15-25-11-24(12-25,13-25)14-31-22-3-2-17(9-28)7-18(22)10-30-31/h2-3,5-8,10,23H,4,11-15H2,1H3. The third-order valence-electron chi connectivity index (χ3n) is 7.56. The summed E-state index contributed by atoms with van der Waals surface area (Å²) in [5.74, 6) is -0.727. The number of rotatable bonds is 5. The van der Waals surface area contributed by atoms with Crippen LogP contribution in [0.4, 0.5) is 8.78 Å². The van der Waals surface area contributed by atoms with Crippen LogP contribution in [-0.2, 0) is 6.54 Å². The lowest BCUT2D eigenvalue weighted by atomic mass is 9.35. The monoisotopic (exact) mass is 431 g/mol. The normalized spacial score (nSPS) is 27.9. The van der Waals surface area contributed by atoms with Gasteiger partial charge in [0.25, 0.3) is 0 Å². The molecule has 1 aromatic heterocycles. The third kappa shape index (κ3) is 2.85. The maximum Gasteiger partial charge on any atom is 0.129 e. The van der Waals surface area contributed by atoms with Crippen molar-refractivity contribution >= 4 is 17.1 Å². The molecule has 0 amide bonds. The first-order valence-electron chi connectivity index (χ1n) is 11.0. The van der Waals surface area contributed by atoms with Crippen molar-refractivity contribution < 1.29 is 8.78 Å². The Morgan fingerprint density at radius 2 is 1.88 bits per heavy atom. The van der Waals surface area contributed by atoms with Gasteiger partial charge in [-0.25, -0.2) is 8.78 Å². The highest BCUT2D eigenvalue weighted by Crippen LogP contribution is 2.74. The molecule has 1 atom stereocenters. The Balaban J connectivity index is 1.14. The number of fused-ring (bicyclic) bond motifs is 1. The molecule has 0 spiro atoms. The van der Waals surface area contributed by atoms with Crippen LogP contribution in [0.25, 0.3) is 10.9 Å². The molecule has 162 valence electrons. The number of hydrogen-bond donors (Lipinski definition) is 0. The predicted octanol–water partition coefficient (Wildman–Crippen LogP) is 5.10. The molecule has 0 radical (unpaired) electrons. The fourth-order valence-electron chi connectivity index (χ4n) is 6.32. The summed E-state index contributed by atoms with van der Waals surface area (Å²) in [6.07, 6.45) is 7.54. The van der Waals surface area contributed by atoms with E-state index < -0.39 is 0 Å². The van der Waals surface area contributed by atoms with Crippen LogP contribution in [-0.4, -0.2) is 27.5 Å². The van der Waals surface area contributed by atoms with Gasteiger partial charge in [0.05, 0.1) is 29.4 Å². The summed E-state index contributed by atoms with van der Waals surface area (Å²) >= 11 is 0. The molecule has 0 saturated heterocycles. The van der Waals surface area contributed by atoms with Crippen molar-refractivity contribution in [1.82, 2.24) is 14.8 Å². The third-order valence-corrected chi connectivity index (χ3v) is 7.56. The molecule has 7 heteroatoms. The molecule has 7 rings (SSSR count). The highest BCUT2D eigenvalue weighted by Gasteiger charge is 2.68. The number of nitriles is 1. The smallest absolute Gasteiger partial charge is 0.129 e. The molecule has 1 unspecified atom stereocenters. The summed E-state index contributed by atoms with van der Waals surface area (Å²) in [6.45, 7) is 3.22. The van der Waals surface area contributed by atoms with Crippen molar-refractivity contribution in [2.45, 2.75) is 45.2 Å². The molecule has 1 aliphatic heterocycles. The van der Waals surface area contributed by atoms with Crippen LogP contribution >= 0.6 is 0 Å². The van der Waals surface area contributed by atoms with Crippen molar-refractivity contribution in [1.29, 1.82) is 5.26 Å². The predicted molar refractivity (Wildman–Crippen MR) is 117 cm³/mol. The quantitative estimate of drug-likeness (QED) is 0.565. The SMILES string of the molecule is Cc1cc(F)c(C2CC=NN2CC23CC(Cn4ncc5cc(C#N)ccc54)(C2)C3)cc1F. The molecule has 5 nitrogen and oxygen atoms in total. The number of hydrogen-bond acceptors (Lipinski definition) is 4. The fraction of sp³-hybridized carbons (Fsp3) is 0.400. The second kappa shape index (κ2) is 6.61. The summed E-state index contributed by atoms with van der Waals surface area (Å²) in [6, 6.07) is 10.2. The van der Waals surface area contributed by atoms with E-state index in [2.05, 4.69) is 21.0 Å². The van der Waals surface area contributed by atoms with Crippen molar-refractivity contribution in [3.63, 3.8) is 0 Å². The lowest BCUT2D eigenvalue weighted by molar-refractivity contribution is -0.223. The zero-order valence-corrected chi connectivity index (χ0v) is 17.9. The van der Waals surface area contributed by atoms with E-state index in [0.29, 0.717) is 23.1 Å². The number of benzene rings is 2. The zero-order chi connectivity index (χ0) is 22.1. The second-order valence-corrected chi connectivity index (χ2v) is 9.99. The van der Waals surface area contributed by atoms with E-state index in [4.69, 9.17) is 5.26 Å². The molecule has 32 heavy (non-hydrogen) atoms. The Labute approximate surface area is 184 Å². The van der Waals surface area contributed by atoms with Crippen LogP contribution in [0.3, 0.4) is 0 Å². The van der Waals surface area contributed by atoms with Crippen molar-refractivity contribution in [3.05, 3.63) is 64.9 Å². The number of halogens is 2. The lowest BCUT2D eigenvalue weighted by Gasteiger charge is -2.71. The van der Waals surface area contributed by atoms with Gasteiger partial charge in [0, 0.05) is 36.7 Å². The summed E-state index contributed by atoms with van der Waals surface area (Å²) in [7, 11) is 0. The topological polar surface area (TPSA) is 57.2 Å². The Hall–Kier alpha value is -3.27. The molecule has 3 saturated carbocycles. The molecule has 3 aliphatic carbocycles. The number of hydrazone groups is 1. The number of aromatic nitrogens is 2. The van der Waals surface area contributed by atoms with Gasteiger partial charge >= 0.3 is 0 Å². The maximum atomic E-state index is 14.6. The maximum absolute atomic E-state index is 14.6. The van der Waals surface area contributed by atoms with Gasteiger partial charge in [-0.3, -0.25) is 9.69 Å². The summed E-state index contributed by atoms with van der Waals surface area (Å²) in [5, 5.41) is 21.1. The summed E-state index contributed by atoms with van der Waals surface area (Å²) in [5.41, 5.74) is 2.89. The average molecular weight is 431 g/mol. The van der Waals surface area contributed by atoms with E-state index in [1.165, 1.54) is 12.1 Å². The van der Waals surface area contributed by atoms with Crippen LogP contribution in [0.1, 0.15) is 48.4 Å². The molecule has 2 bridgehead atoms. The average Bonchev–Trinajstić information content (AvgIpc) is 3.34. The van der Waals surface area contributed by atoms with Crippen LogP contribution in [0.15, 0.2) is 41.6 Å². The van der Waals surface area contributed by atoms with Crippen LogP contribution in [0.5, 0.6) is 0 Å². The molecule has 3 aromatic rings. The van der Waals surface area contributed by atoms with E-state index in [9.17, 15) is 8.78 Å². The molecular formula is C25H23F2N5. The lowest BCUT2D eigenvalue weighted by Crippen LogP contribution is -2.66. The highest BCUT2D eigenvalue weighted by atomic mass is 19.1. The van der Waals surface area contributed by atoms with Crippen molar-refractivity contribution in [2.75, 3.05) is 6.54 Å². The number of nitrogens with zero attached hydrogens (tertiary/aromatic N) is 5.